The van der Waals surface area contributed by atoms with E-state index in [0.29, 0.717) is 0 Å². The summed E-state index contributed by atoms with van der Waals surface area (Å²) in [6, 6.07) is 8.93. The van der Waals surface area contributed by atoms with Crippen molar-refractivity contribution in [2.75, 3.05) is 7.11 Å². The molecule has 0 aromatic heterocycles. The maximum Gasteiger partial charge on any atom is 0.311 e. The van der Waals surface area contributed by atoms with Gasteiger partial charge < -0.3 is 4.74 Å². The molecular formula is C14H10N2O6. The largest absolute Gasteiger partial charge is 0.490 e. The van der Waals surface area contributed by atoms with E-state index in [4.69, 9.17) is 4.74 Å². The van der Waals surface area contributed by atoms with Crippen LogP contribution >= 0.6 is 0 Å². The minimum absolute atomic E-state index is 0.0283. The zero-order valence-corrected chi connectivity index (χ0v) is 11.4. The second-order valence-electron chi connectivity index (χ2n) is 4.28. The Kier molecular flexibility index (Phi) is 4.12. The fraction of sp³-hybridized carbons (Fsp3) is 0.0714. The third kappa shape index (κ3) is 2.90. The first kappa shape index (κ1) is 15.1. The SMILES string of the molecule is COc1ccc(C(=O)c2cccc([N+](=O)[O-])c2)cc1[N+](=O)[O-]. The smallest absolute Gasteiger partial charge is 0.311 e. The van der Waals surface area contributed by atoms with Crippen molar-refractivity contribution in [2.24, 2.45) is 0 Å². The molecule has 2 rings (SSSR count). The number of ether oxygens (including phenoxy) is 1. The molecule has 2 aromatic rings. The topological polar surface area (TPSA) is 113 Å². The van der Waals surface area contributed by atoms with Crippen molar-refractivity contribution < 1.29 is 19.4 Å². The molecule has 0 atom stereocenters. The molecule has 22 heavy (non-hydrogen) atoms. The van der Waals surface area contributed by atoms with Crippen LogP contribution in [0.2, 0.25) is 0 Å². The van der Waals surface area contributed by atoms with Gasteiger partial charge in [-0.2, -0.15) is 0 Å². The molecule has 0 fully saturated rings. The molecule has 8 heteroatoms. The summed E-state index contributed by atoms with van der Waals surface area (Å²) in [5.74, 6) is -0.518. The second kappa shape index (κ2) is 6.00. The third-order valence-corrected chi connectivity index (χ3v) is 2.96. The van der Waals surface area contributed by atoms with Crippen molar-refractivity contribution in [1.82, 2.24) is 0 Å². The number of hydrogen-bond donors (Lipinski definition) is 0. The lowest BCUT2D eigenvalue weighted by Gasteiger charge is -2.05. The van der Waals surface area contributed by atoms with Crippen LogP contribution < -0.4 is 4.74 Å². The van der Waals surface area contributed by atoms with Gasteiger partial charge in [-0.1, -0.05) is 12.1 Å². The molecule has 0 aliphatic rings. The molecule has 0 N–H and O–H groups in total. The van der Waals surface area contributed by atoms with E-state index in [9.17, 15) is 25.0 Å². The quantitative estimate of drug-likeness (QED) is 0.476. The zero-order chi connectivity index (χ0) is 16.3. The first-order valence-corrected chi connectivity index (χ1v) is 6.05. The third-order valence-electron chi connectivity index (χ3n) is 2.96. The molecule has 0 aliphatic heterocycles. The summed E-state index contributed by atoms with van der Waals surface area (Å²) in [5, 5.41) is 21.7. The van der Waals surface area contributed by atoms with Crippen molar-refractivity contribution in [3.8, 4) is 5.75 Å². The molecule has 0 saturated carbocycles. The molecule has 0 amide bonds. The van der Waals surface area contributed by atoms with E-state index in [2.05, 4.69) is 0 Å². The van der Waals surface area contributed by atoms with Crippen molar-refractivity contribution in [1.29, 1.82) is 0 Å². The minimum atomic E-state index is -0.664. The van der Waals surface area contributed by atoms with E-state index in [1.807, 2.05) is 0 Å². The molecule has 0 bridgehead atoms. The second-order valence-corrected chi connectivity index (χ2v) is 4.28. The van der Waals surface area contributed by atoms with Gasteiger partial charge in [-0.25, -0.2) is 0 Å². The summed E-state index contributed by atoms with van der Waals surface area (Å²) in [5.41, 5.74) is -0.450. The number of rotatable bonds is 5. The Labute approximate surface area is 124 Å². The number of carbonyl (C=O) groups is 1. The first-order chi connectivity index (χ1) is 10.4. The van der Waals surface area contributed by atoms with Crippen LogP contribution in [0.15, 0.2) is 42.5 Å². The van der Waals surface area contributed by atoms with Gasteiger partial charge in [0.2, 0.25) is 0 Å². The standard InChI is InChI=1S/C14H10N2O6/c1-22-13-6-5-10(8-12(13)16(20)21)14(17)9-3-2-4-11(7-9)15(18)19/h2-8H,1H3. The number of nitro groups is 2. The normalized spacial score (nSPS) is 10.0. The Hall–Kier alpha value is -3.29. The van der Waals surface area contributed by atoms with E-state index in [-0.39, 0.29) is 28.3 Å². The Morgan fingerprint density at radius 1 is 1.00 bits per heavy atom. The predicted molar refractivity (Wildman–Crippen MR) is 76.2 cm³/mol. The molecule has 2 aromatic carbocycles. The highest BCUT2D eigenvalue weighted by atomic mass is 16.6. The van der Waals surface area contributed by atoms with Crippen LogP contribution in [0, 0.1) is 20.2 Å². The lowest BCUT2D eigenvalue weighted by Crippen LogP contribution is -2.04. The van der Waals surface area contributed by atoms with E-state index >= 15 is 0 Å². The maximum atomic E-state index is 12.3. The van der Waals surface area contributed by atoms with Gasteiger partial charge in [-0.3, -0.25) is 25.0 Å². The molecule has 0 unspecified atom stereocenters. The summed E-state index contributed by atoms with van der Waals surface area (Å²) >= 11 is 0. The number of nitro benzene ring substituents is 2. The number of benzene rings is 2. The summed E-state index contributed by atoms with van der Waals surface area (Å²) in [6.07, 6.45) is 0. The molecule has 112 valence electrons. The number of carbonyl (C=O) groups excluding carboxylic acids is 1. The average molecular weight is 302 g/mol. The molecule has 0 spiro atoms. The van der Waals surface area contributed by atoms with Crippen LogP contribution in [-0.4, -0.2) is 22.7 Å². The van der Waals surface area contributed by atoms with E-state index in [1.165, 1.54) is 37.4 Å². The van der Waals surface area contributed by atoms with Gasteiger partial charge in [0.25, 0.3) is 5.69 Å². The fourth-order valence-electron chi connectivity index (χ4n) is 1.90. The Bertz CT molecular complexity index is 772. The van der Waals surface area contributed by atoms with Gasteiger partial charge in [0.15, 0.2) is 11.5 Å². The Balaban J connectivity index is 2.45. The van der Waals surface area contributed by atoms with Crippen molar-refractivity contribution in [2.45, 2.75) is 0 Å². The number of nitrogens with zero attached hydrogens (tertiary/aromatic N) is 2. The number of hydrogen-bond acceptors (Lipinski definition) is 6. The van der Waals surface area contributed by atoms with E-state index < -0.39 is 15.6 Å². The highest BCUT2D eigenvalue weighted by molar-refractivity contribution is 6.09. The lowest BCUT2D eigenvalue weighted by atomic mass is 10.0. The van der Waals surface area contributed by atoms with Gasteiger partial charge in [0, 0.05) is 29.3 Å². The Morgan fingerprint density at radius 2 is 1.68 bits per heavy atom. The van der Waals surface area contributed by atoms with Gasteiger partial charge >= 0.3 is 5.69 Å². The van der Waals surface area contributed by atoms with Crippen LogP contribution in [0.25, 0.3) is 0 Å². The lowest BCUT2D eigenvalue weighted by molar-refractivity contribution is -0.385. The van der Waals surface area contributed by atoms with Crippen molar-refractivity contribution in [3.05, 3.63) is 73.8 Å². The zero-order valence-electron chi connectivity index (χ0n) is 11.4. The highest BCUT2D eigenvalue weighted by Crippen LogP contribution is 2.28. The van der Waals surface area contributed by atoms with Crippen LogP contribution in [0.3, 0.4) is 0 Å². The van der Waals surface area contributed by atoms with Gasteiger partial charge in [0.1, 0.15) is 0 Å². The van der Waals surface area contributed by atoms with Gasteiger partial charge in [-0.05, 0) is 12.1 Å². The number of methoxy groups -OCH3 is 1. The summed E-state index contributed by atoms with van der Waals surface area (Å²) in [6.45, 7) is 0. The Morgan fingerprint density at radius 3 is 2.27 bits per heavy atom. The summed E-state index contributed by atoms with van der Waals surface area (Å²) < 4.78 is 4.86. The van der Waals surface area contributed by atoms with Gasteiger partial charge in [0.05, 0.1) is 17.0 Å². The van der Waals surface area contributed by atoms with Crippen LogP contribution in [0.1, 0.15) is 15.9 Å². The summed E-state index contributed by atoms with van der Waals surface area (Å²) in [7, 11) is 1.28. The first-order valence-electron chi connectivity index (χ1n) is 6.05. The van der Waals surface area contributed by atoms with Crippen molar-refractivity contribution in [3.63, 3.8) is 0 Å². The van der Waals surface area contributed by atoms with Crippen LogP contribution in [0.5, 0.6) is 5.75 Å². The van der Waals surface area contributed by atoms with E-state index in [1.54, 1.807) is 0 Å². The molecule has 0 saturated heterocycles. The number of ketones is 1. The van der Waals surface area contributed by atoms with Crippen LogP contribution in [0.4, 0.5) is 11.4 Å². The predicted octanol–water partition coefficient (Wildman–Crippen LogP) is 2.74. The molecule has 8 nitrogen and oxygen atoms in total. The molecule has 0 aliphatic carbocycles. The average Bonchev–Trinajstić information content (AvgIpc) is 2.53. The molecule has 0 radical (unpaired) electrons. The minimum Gasteiger partial charge on any atom is -0.490 e. The van der Waals surface area contributed by atoms with Crippen LogP contribution in [-0.2, 0) is 0 Å². The highest BCUT2D eigenvalue weighted by Gasteiger charge is 2.20. The summed E-state index contributed by atoms with van der Waals surface area (Å²) in [4.78, 5) is 32.7. The van der Waals surface area contributed by atoms with E-state index in [0.717, 1.165) is 12.1 Å². The monoisotopic (exact) mass is 302 g/mol. The molecule has 0 heterocycles. The molecular weight excluding hydrogens is 292 g/mol. The van der Waals surface area contributed by atoms with Gasteiger partial charge in [-0.15, -0.1) is 0 Å². The van der Waals surface area contributed by atoms with Crippen molar-refractivity contribution >= 4 is 17.2 Å². The number of non-ortho nitro benzene ring substituents is 1. The fourth-order valence-corrected chi connectivity index (χ4v) is 1.90. The maximum absolute atomic E-state index is 12.3.